The number of carbonyl (C=O) groups excluding carboxylic acids is 1. The molecule has 2 aliphatic rings. The van der Waals surface area contributed by atoms with Crippen molar-refractivity contribution < 1.29 is 18.5 Å². The zero-order valence-electron chi connectivity index (χ0n) is 14.0. The van der Waals surface area contributed by atoms with E-state index in [4.69, 9.17) is 13.7 Å². The van der Waals surface area contributed by atoms with Gasteiger partial charge in [0, 0.05) is 19.4 Å². The molecule has 2 aromatic heterocycles. The summed E-state index contributed by atoms with van der Waals surface area (Å²) in [6.45, 7) is 6.25. The average Bonchev–Trinajstić information content (AvgIpc) is 3.17. The van der Waals surface area contributed by atoms with E-state index in [-0.39, 0.29) is 12.0 Å². The van der Waals surface area contributed by atoms with Gasteiger partial charge in [-0.3, -0.25) is 4.79 Å². The van der Waals surface area contributed by atoms with E-state index in [2.05, 4.69) is 15.1 Å². The molecule has 0 radical (unpaired) electrons. The first-order valence-corrected chi connectivity index (χ1v) is 8.23. The number of carbonyl (C=O) groups is 1. The maximum Gasteiger partial charge on any atom is 0.276 e. The highest BCUT2D eigenvalue weighted by Crippen LogP contribution is 2.39. The van der Waals surface area contributed by atoms with E-state index < -0.39 is 6.10 Å². The summed E-state index contributed by atoms with van der Waals surface area (Å²) in [5, 5.41) is 4.03. The minimum atomic E-state index is -0.411. The van der Waals surface area contributed by atoms with Crippen LogP contribution in [-0.4, -0.2) is 45.1 Å². The Kier molecular flexibility index (Phi) is 3.64. The van der Waals surface area contributed by atoms with Crippen LogP contribution in [0.2, 0.25) is 0 Å². The Hall–Kier alpha value is -2.22. The lowest BCUT2D eigenvalue weighted by molar-refractivity contribution is -0.0811. The molecule has 0 unspecified atom stereocenters. The van der Waals surface area contributed by atoms with Crippen molar-refractivity contribution in [1.29, 1.82) is 0 Å². The Balaban J connectivity index is 1.53. The molecular weight excluding hydrogens is 312 g/mol. The largest absolute Gasteiger partial charge is 0.445 e. The minimum Gasteiger partial charge on any atom is -0.445 e. The number of hydrogen-bond donors (Lipinski definition) is 0. The van der Waals surface area contributed by atoms with Crippen molar-refractivity contribution >= 4 is 5.91 Å². The second kappa shape index (κ2) is 5.70. The molecular formula is C16H20N4O4. The molecule has 0 N–H and O–H groups in total. The van der Waals surface area contributed by atoms with Gasteiger partial charge in [0.05, 0.1) is 12.6 Å². The molecule has 2 aromatic rings. The number of amides is 1. The van der Waals surface area contributed by atoms with Gasteiger partial charge in [0.1, 0.15) is 5.76 Å². The number of ether oxygens (including phenoxy) is 1. The van der Waals surface area contributed by atoms with Crippen molar-refractivity contribution in [2.24, 2.45) is 0 Å². The summed E-state index contributed by atoms with van der Waals surface area (Å²) < 4.78 is 16.6. The predicted octanol–water partition coefficient (Wildman–Crippen LogP) is 2.15. The van der Waals surface area contributed by atoms with Crippen molar-refractivity contribution in [3.63, 3.8) is 0 Å². The molecule has 0 bridgehead atoms. The van der Waals surface area contributed by atoms with E-state index in [0.717, 1.165) is 18.7 Å². The molecule has 2 atom stereocenters. The lowest BCUT2D eigenvalue weighted by Gasteiger charge is -2.34. The standard InChI is InChI=1S/C16H20N4O4/c1-8-6-20(16(21)13-9(2)23-10(3)17-13)7-12(22-8)15-18-14(19-24-15)11-4-5-11/h8,11-12H,4-7H2,1-3H3/t8-,12-/m1/s1. The number of nitrogens with zero attached hydrogens (tertiary/aromatic N) is 4. The Bertz CT molecular complexity index is 764. The van der Waals surface area contributed by atoms with Gasteiger partial charge in [0.2, 0.25) is 0 Å². The first-order chi connectivity index (χ1) is 11.5. The second-order valence-electron chi connectivity index (χ2n) is 6.55. The molecule has 8 heteroatoms. The zero-order valence-corrected chi connectivity index (χ0v) is 14.0. The Morgan fingerprint density at radius 2 is 2.00 bits per heavy atom. The molecule has 1 aliphatic carbocycles. The summed E-state index contributed by atoms with van der Waals surface area (Å²) in [6, 6.07) is 0. The van der Waals surface area contributed by atoms with Crippen LogP contribution in [0.4, 0.5) is 0 Å². The third-order valence-electron chi connectivity index (χ3n) is 4.33. The number of morpholine rings is 1. The third kappa shape index (κ3) is 2.82. The van der Waals surface area contributed by atoms with E-state index in [1.807, 2.05) is 6.92 Å². The minimum absolute atomic E-state index is 0.128. The summed E-state index contributed by atoms with van der Waals surface area (Å²) in [5.41, 5.74) is 0.351. The van der Waals surface area contributed by atoms with E-state index in [1.54, 1.807) is 18.7 Å². The molecule has 3 heterocycles. The van der Waals surface area contributed by atoms with Crippen LogP contribution in [-0.2, 0) is 4.74 Å². The van der Waals surface area contributed by atoms with Gasteiger partial charge in [-0.15, -0.1) is 0 Å². The molecule has 0 spiro atoms. The molecule has 8 nitrogen and oxygen atoms in total. The van der Waals surface area contributed by atoms with Crippen molar-refractivity contribution in [2.75, 3.05) is 13.1 Å². The molecule has 0 aromatic carbocycles. The van der Waals surface area contributed by atoms with Gasteiger partial charge in [0.25, 0.3) is 11.8 Å². The highest BCUT2D eigenvalue weighted by Gasteiger charge is 2.36. The smallest absolute Gasteiger partial charge is 0.276 e. The van der Waals surface area contributed by atoms with E-state index in [0.29, 0.717) is 42.2 Å². The second-order valence-corrected chi connectivity index (χ2v) is 6.55. The van der Waals surface area contributed by atoms with Crippen LogP contribution in [0.1, 0.15) is 65.6 Å². The van der Waals surface area contributed by atoms with Crippen molar-refractivity contribution in [3.8, 4) is 0 Å². The van der Waals surface area contributed by atoms with Gasteiger partial charge in [-0.1, -0.05) is 5.16 Å². The number of hydrogen-bond acceptors (Lipinski definition) is 7. The Labute approximate surface area is 139 Å². The monoisotopic (exact) mass is 332 g/mol. The van der Waals surface area contributed by atoms with Crippen LogP contribution in [0.3, 0.4) is 0 Å². The quantitative estimate of drug-likeness (QED) is 0.850. The van der Waals surface area contributed by atoms with E-state index in [1.165, 1.54) is 0 Å². The average molecular weight is 332 g/mol. The van der Waals surface area contributed by atoms with Gasteiger partial charge in [0.15, 0.2) is 23.5 Å². The van der Waals surface area contributed by atoms with Crippen LogP contribution in [0.5, 0.6) is 0 Å². The van der Waals surface area contributed by atoms with Crippen LogP contribution in [0.15, 0.2) is 8.94 Å². The Morgan fingerprint density at radius 3 is 2.67 bits per heavy atom. The van der Waals surface area contributed by atoms with Gasteiger partial charge in [-0.05, 0) is 26.7 Å². The fraction of sp³-hybridized carbons (Fsp3) is 0.625. The molecule has 24 heavy (non-hydrogen) atoms. The number of aryl methyl sites for hydroxylation is 2. The maximum atomic E-state index is 12.8. The van der Waals surface area contributed by atoms with Gasteiger partial charge in [-0.2, -0.15) is 4.98 Å². The summed E-state index contributed by atoms with van der Waals surface area (Å²) in [5.74, 6) is 2.46. The van der Waals surface area contributed by atoms with Gasteiger partial charge in [-0.25, -0.2) is 4.98 Å². The summed E-state index contributed by atoms with van der Waals surface area (Å²) in [4.78, 5) is 23.1. The lowest BCUT2D eigenvalue weighted by atomic mass is 10.2. The first-order valence-electron chi connectivity index (χ1n) is 8.23. The molecule has 4 rings (SSSR count). The molecule has 1 saturated carbocycles. The van der Waals surface area contributed by atoms with Crippen LogP contribution in [0, 0.1) is 13.8 Å². The van der Waals surface area contributed by atoms with Crippen molar-refractivity contribution in [2.45, 2.75) is 51.7 Å². The number of oxazole rings is 1. The fourth-order valence-electron chi connectivity index (χ4n) is 3.02. The van der Waals surface area contributed by atoms with E-state index >= 15 is 0 Å². The molecule has 2 fully saturated rings. The zero-order chi connectivity index (χ0) is 16.8. The number of aromatic nitrogens is 3. The summed E-state index contributed by atoms with van der Waals surface area (Å²) in [7, 11) is 0. The normalized spacial score (nSPS) is 24.4. The molecule has 1 saturated heterocycles. The van der Waals surface area contributed by atoms with E-state index in [9.17, 15) is 4.79 Å². The maximum absolute atomic E-state index is 12.8. The highest BCUT2D eigenvalue weighted by molar-refractivity contribution is 5.93. The fourth-order valence-corrected chi connectivity index (χ4v) is 3.02. The van der Waals surface area contributed by atoms with Gasteiger partial charge >= 0.3 is 0 Å². The third-order valence-corrected chi connectivity index (χ3v) is 4.33. The molecule has 1 aliphatic heterocycles. The first kappa shape index (κ1) is 15.3. The molecule has 1 amide bonds. The molecule has 128 valence electrons. The van der Waals surface area contributed by atoms with Crippen LogP contribution in [0.25, 0.3) is 0 Å². The van der Waals surface area contributed by atoms with Crippen LogP contribution < -0.4 is 0 Å². The van der Waals surface area contributed by atoms with Gasteiger partial charge < -0.3 is 18.6 Å². The van der Waals surface area contributed by atoms with Crippen molar-refractivity contribution in [3.05, 3.63) is 29.1 Å². The SMILES string of the molecule is Cc1nc(C(=O)N2C[C@@H](C)O[C@@H](c3nc(C4CC4)no3)C2)c(C)o1. The summed E-state index contributed by atoms with van der Waals surface area (Å²) in [6.07, 6.45) is 1.68. The van der Waals surface area contributed by atoms with Crippen LogP contribution >= 0.6 is 0 Å². The topological polar surface area (TPSA) is 94.5 Å². The Morgan fingerprint density at radius 1 is 1.21 bits per heavy atom. The summed E-state index contributed by atoms with van der Waals surface area (Å²) >= 11 is 0. The lowest BCUT2D eigenvalue weighted by Crippen LogP contribution is -2.46. The highest BCUT2D eigenvalue weighted by atomic mass is 16.5. The van der Waals surface area contributed by atoms with Crippen molar-refractivity contribution in [1.82, 2.24) is 20.0 Å². The predicted molar refractivity (Wildman–Crippen MR) is 81.4 cm³/mol. The number of rotatable bonds is 3.